The van der Waals surface area contributed by atoms with E-state index in [2.05, 4.69) is 10.0 Å². The Labute approximate surface area is 177 Å². The Morgan fingerprint density at radius 2 is 1.73 bits per heavy atom. The quantitative estimate of drug-likeness (QED) is 0.641. The lowest BCUT2D eigenvalue weighted by Gasteiger charge is -2.17. The predicted octanol–water partition coefficient (Wildman–Crippen LogP) is 2.68. The molecule has 2 N–H and O–H groups in total. The molecule has 0 radical (unpaired) electrons. The van der Waals surface area contributed by atoms with Crippen molar-refractivity contribution in [3.63, 3.8) is 0 Å². The highest BCUT2D eigenvalue weighted by atomic mass is 32.2. The Balaban J connectivity index is 1.79. The summed E-state index contributed by atoms with van der Waals surface area (Å²) in [6, 6.07) is 14.6. The van der Waals surface area contributed by atoms with Gasteiger partial charge >= 0.3 is 0 Å². The van der Waals surface area contributed by atoms with Crippen LogP contribution in [0.3, 0.4) is 0 Å². The molecule has 2 aromatic rings. The Kier molecular flexibility index (Phi) is 8.32. The van der Waals surface area contributed by atoms with Crippen LogP contribution in [0, 0.1) is 13.8 Å². The maximum absolute atomic E-state index is 12.2. The van der Waals surface area contributed by atoms with Gasteiger partial charge in [-0.25, -0.2) is 13.1 Å². The summed E-state index contributed by atoms with van der Waals surface area (Å²) in [5, 5.41) is 3.86. The fourth-order valence-corrected chi connectivity index (χ4v) is 3.47. The van der Waals surface area contributed by atoms with Crippen LogP contribution in [0.25, 0.3) is 6.08 Å². The van der Waals surface area contributed by atoms with Gasteiger partial charge in [0.2, 0.25) is 21.8 Å². The lowest BCUT2D eigenvalue weighted by Crippen LogP contribution is -2.36. The third kappa shape index (κ3) is 7.46. The molecule has 0 atom stereocenters. The van der Waals surface area contributed by atoms with E-state index in [9.17, 15) is 18.0 Å². The van der Waals surface area contributed by atoms with Crippen molar-refractivity contribution in [2.75, 3.05) is 25.5 Å². The third-order valence-electron chi connectivity index (χ3n) is 4.57. The second kappa shape index (κ2) is 10.7. The van der Waals surface area contributed by atoms with Gasteiger partial charge in [0.25, 0.3) is 0 Å². The number of aryl methyl sites for hydroxylation is 1. The first-order valence-corrected chi connectivity index (χ1v) is 11.1. The molecule has 8 heteroatoms. The van der Waals surface area contributed by atoms with Gasteiger partial charge in [-0.05, 0) is 42.7 Å². The molecule has 0 fully saturated rings. The molecule has 0 saturated carbocycles. The van der Waals surface area contributed by atoms with Crippen molar-refractivity contribution >= 4 is 33.6 Å². The summed E-state index contributed by atoms with van der Waals surface area (Å²) in [4.78, 5) is 25.7. The molecule has 30 heavy (non-hydrogen) atoms. The van der Waals surface area contributed by atoms with Gasteiger partial charge in [-0.15, -0.1) is 0 Å². The van der Waals surface area contributed by atoms with Crippen LogP contribution in [-0.4, -0.2) is 45.3 Å². The molecule has 0 saturated heterocycles. The number of carbonyl (C=O) groups excluding carboxylic acids is 2. The van der Waals surface area contributed by atoms with Crippen molar-refractivity contribution in [1.29, 1.82) is 0 Å². The van der Waals surface area contributed by atoms with Crippen molar-refractivity contribution < 1.29 is 18.0 Å². The van der Waals surface area contributed by atoms with E-state index in [1.807, 2.05) is 44.2 Å². The number of sulfonamides is 1. The minimum atomic E-state index is -3.65. The van der Waals surface area contributed by atoms with Crippen LogP contribution in [0.1, 0.15) is 23.1 Å². The van der Waals surface area contributed by atoms with E-state index >= 15 is 0 Å². The van der Waals surface area contributed by atoms with Crippen molar-refractivity contribution in [3.8, 4) is 0 Å². The number of benzene rings is 2. The van der Waals surface area contributed by atoms with Crippen LogP contribution in [0.2, 0.25) is 0 Å². The lowest BCUT2D eigenvalue weighted by molar-refractivity contribution is -0.133. The van der Waals surface area contributed by atoms with Gasteiger partial charge < -0.3 is 10.2 Å². The highest BCUT2D eigenvalue weighted by Gasteiger charge is 2.15. The maximum Gasteiger partial charge on any atom is 0.243 e. The summed E-state index contributed by atoms with van der Waals surface area (Å²) < 4.78 is 26.4. The van der Waals surface area contributed by atoms with E-state index in [4.69, 9.17) is 0 Å². The van der Waals surface area contributed by atoms with Crippen LogP contribution >= 0.6 is 0 Å². The number of hydrogen-bond acceptors (Lipinski definition) is 4. The first kappa shape index (κ1) is 23.3. The molecule has 0 spiro atoms. The molecule has 2 rings (SSSR count). The van der Waals surface area contributed by atoms with Gasteiger partial charge in [0.15, 0.2) is 0 Å². The number of amides is 2. The Morgan fingerprint density at radius 3 is 2.43 bits per heavy atom. The zero-order valence-electron chi connectivity index (χ0n) is 17.4. The lowest BCUT2D eigenvalue weighted by atomic mass is 10.1. The van der Waals surface area contributed by atoms with E-state index in [1.165, 1.54) is 18.0 Å². The largest absolute Gasteiger partial charge is 0.336 e. The van der Waals surface area contributed by atoms with Crippen molar-refractivity contribution in [2.45, 2.75) is 20.3 Å². The number of nitrogens with one attached hydrogen (secondary N) is 2. The van der Waals surface area contributed by atoms with Crippen LogP contribution in [0.5, 0.6) is 0 Å². The second-order valence-electron chi connectivity index (χ2n) is 6.95. The van der Waals surface area contributed by atoms with Gasteiger partial charge in [0.1, 0.15) is 0 Å². The first-order chi connectivity index (χ1) is 14.2. The molecule has 2 aromatic carbocycles. The van der Waals surface area contributed by atoms with Crippen molar-refractivity contribution in [3.05, 3.63) is 70.6 Å². The van der Waals surface area contributed by atoms with Crippen LogP contribution in [-0.2, 0) is 19.6 Å². The molecule has 0 bridgehead atoms. The van der Waals surface area contributed by atoms with E-state index in [-0.39, 0.29) is 31.3 Å². The fraction of sp³-hybridized carbons (Fsp3) is 0.273. The molecular formula is C22H27N3O4S. The minimum absolute atomic E-state index is 0.0499. The third-order valence-corrected chi connectivity index (χ3v) is 5.67. The van der Waals surface area contributed by atoms with Crippen molar-refractivity contribution in [2.24, 2.45) is 0 Å². The van der Waals surface area contributed by atoms with Gasteiger partial charge in [-0.1, -0.05) is 42.5 Å². The normalized spacial score (nSPS) is 11.4. The average molecular weight is 430 g/mol. The van der Waals surface area contributed by atoms with Crippen LogP contribution in [0.4, 0.5) is 5.69 Å². The number of rotatable bonds is 9. The summed E-state index contributed by atoms with van der Waals surface area (Å²) in [6.45, 7) is 3.70. The highest BCUT2D eigenvalue weighted by Crippen LogP contribution is 2.17. The highest BCUT2D eigenvalue weighted by molar-refractivity contribution is 7.92. The van der Waals surface area contributed by atoms with Gasteiger partial charge in [-0.3, -0.25) is 9.59 Å². The molecule has 0 aromatic heterocycles. The number of nitrogens with zero attached hydrogens (tertiary/aromatic N) is 1. The number of likely N-dealkylation sites (N-methyl/N-ethyl adjacent to an activating group) is 1. The van der Waals surface area contributed by atoms with Crippen LogP contribution < -0.4 is 10.0 Å². The summed E-state index contributed by atoms with van der Waals surface area (Å²) in [6.07, 6.45) is 1.43. The molecule has 0 aliphatic carbocycles. The van der Waals surface area contributed by atoms with Gasteiger partial charge in [0.05, 0.1) is 6.54 Å². The number of hydrogen-bond donors (Lipinski definition) is 2. The van der Waals surface area contributed by atoms with E-state index < -0.39 is 10.0 Å². The zero-order valence-corrected chi connectivity index (χ0v) is 18.2. The molecule has 2 amide bonds. The second-order valence-corrected chi connectivity index (χ2v) is 8.60. The Hall–Kier alpha value is -2.97. The number of anilines is 1. The fourth-order valence-electron chi connectivity index (χ4n) is 2.65. The van der Waals surface area contributed by atoms with Gasteiger partial charge in [-0.2, -0.15) is 0 Å². The summed E-state index contributed by atoms with van der Waals surface area (Å²) in [7, 11) is -2.15. The monoisotopic (exact) mass is 429 g/mol. The molecule has 0 heterocycles. The summed E-state index contributed by atoms with van der Waals surface area (Å²) in [5.41, 5.74) is 3.50. The molecule has 0 aliphatic heterocycles. The summed E-state index contributed by atoms with van der Waals surface area (Å²) >= 11 is 0. The smallest absolute Gasteiger partial charge is 0.243 e. The Morgan fingerprint density at radius 1 is 1.03 bits per heavy atom. The molecule has 0 aliphatic rings. The predicted molar refractivity (Wildman–Crippen MR) is 119 cm³/mol. The van der Waals surface area contributed by atoms with E-state index in [1.54, 1.807) is 18.2 Å². The van der Waals surface area contributed by atoms with Crippen molar-refractivity contribution in [1.82, 2.24) is 9.62 Å². The SMILES string of the molecule is Cc1cccc(NC(=O)CN(C)C(=O)CCNS(=O)(=O)C=Cc2ccccc2)c1C. The Bertz CT molecular complexity index is 1020. The summed E-state index contributed by atoms with van der Waals surface area (Å²) in [5.74, 6) is -0.647. The molecular weight excluding hydrogens is 402 g/mol. The van der Waals surface area contributed by atoms with E-state index in [0.29, 0.717) is 5.69 Å². The van der Waals surface area contributed by atoms with E-state index in [0.717, 1.165) is 22.1 Å². The molecule has 160 valence electrons. The standard InChI is InChI=1S/C22H27N3O4S/c1-17-8-7-11-20(18(17)2)24-21(26)16-25(3)22(27)12-14-23-30(28,29)15-13-19-9-5-4-6-10-19/h4-11,13,15,23H,12,14,16H2,1-3H3,(H,24,26). The minimum Gasteiger partial charge on any atom is -0.336 e. The maximum atomic E-state index is 12.2. The average Bonchev–Trinajstić information content (AvgIpc) is 2.70. The zero-order chi connectivity index (χ0) is 22.1. The van der Waals surface area contributed by atoms with Crippen LogP contribution in [0.15, 0.2) is 53.9 Å². The molecule has 0 unspecified atom stereocenters. The van der Waals surface area contributed by atoms with Gasteiger partial charge in [0, 0.05) is 31.1 Å². The first-order valence-electron chi connectivity index (χ1n) is 9.51. The topological polar surface area (TPSA) is 95.6 Å². The molecule has 7 nitrogen and oxygen atoms in total. The number of carbonyl (C=O) groups is 2.